The molecule has 0 saturated heterocycles. The number of carboxylic acids is 1. The molecule has 0 radical (unpaired) electrons. The van der Waals surface area contributed by atoms with Crippen molar-refractivity contribution < 1.29 is 19.4 Å². The normalized spacial score (nSPS) is 14.7. The van der Waals surface area contributed by atoms with Crippen molar-refractivity contribution in [1.82, 2.24) is 9.78 Å². The van der Waals surface area contributed by atoms with E-state index in [1.54, 1.807) is 10.7 Å². The summed E-state index contributed by atoms with van der Waals surface area (Å²) in [4.78, 5) is 11.2. The van der Waals surface area contributed by atoms with Gasteiger partial charge >= 0.3 is 5.97 Å². The molecule has 3 rings (SSSR count). The van der Waals surface area contributed by atoms with E-state index < -0.39 is 5.97 Å². The highest BCUT2D eigenvalue weighted by Gasteiger charge is 2.14. The summed E-state index contributed by atoms with van der Waals surface area (Å²) in [5.74, 6) is -1.02. The van der Waals surface area contributed by atoms with E-state index in [4.69, 9.17) is 9.47 Å². The van der Waals surface area contributed by atoms with E-state index in [2.05, 4.69) is 11.2 Å². The molecule has 6 heteroatoms. The van der Waals surface area contributed by atoms with Crippen LogP contribution >= 0.6 is 0 Å². The van der Waals surface area contributed by atoms with Gasteiger partial charge in [-0.1, -0.05) is 12.1 Å². The number of rotatable bonds is 6. The van der Waals surface area contributed by atoms with Crippen LogP contribution in [0.2, 0.25) is 0 Å². The van der Waals surface area contributed by atoms with Crippen molar-refractivity contribution in [3.63, 3.8) is 0 Å². The van der Waals surface area contributed by atoms with Crippen molar-refractivity contribution in [2.75, 3.05) is 7.11 Å². The second kappa shape index (κ2) is 7.91. The monoisotopic (exact) mass is 354 g/mol. The van der Waals surface area contributed by atoms with Crippen molar-refractivity contribution in [2.24, 2.45) is 0 Å². The van der Waals surface area contributed by atoms with Crippen LogP contribution in [0.3, 0.4) is 0 Å². The molecule has 0 aliphatic heterocycles. The van der Waals surface area contributed by atoms with E-state index in [1.807, 2.05) is 31.3 Å². The van der Waals surface area contributed by atoms with Gasteiger partial charge in [0.05, 0.1) is 18.5 Å². The average Bonchev–Trinajstić information content (AvgIpc) is 3.14. The first-order valence-corrected chi connectivity index (χ1v) is 8.58. The lowest BCUT2D eigenvalue weighted by Gasteiger charge is -2.12. The Morgan fingerprint density at radius 1 is 1.31 bits per heavy atom. The van der Waals surface area contributed by atoms with E-state index in [9.17, 15) is 9.90 Å². The van der Waals surface area contributed by atoms with Crippen LogP contribution in [0.5, 0.6) is 5.75 Å². The Morgan fingerprint density at radius 3 is 2.85 bits per heavy atom. The summed E-state index contributed by atoms with van der Waals surface area (Å²) >= 11 is 0. The van der Waals surface area contributed by atoms with Gasteiger partial charge < -0.3 is 14.6 Å². The predicted octanol–water partition coefficient (Wildman–Crippen LogP) is 4.09. The zero-order valence-electron chi connectivity index (χ0n) is 14.9. The van der Waals surface area contributed by atoms with Gasteiger partial charge in [0.25, 0.3) is 0 Å². The number of methoxy groups -OCH3 is 1. The highest BCUT2D eigenvalue weighted by molar-refractivity contribution is 5.84. The summed E-state index contributed by atoms with van der Waals surface area (Å²) in [5.41, 5.74) is 3.89. The highest BCUT2D eigenvalue weighted by atomic mass is 16.5. The van der Waals surface area contributed by atoms with Crippen LogP contribution in [0.4, 0.5) is 0 Å². The van der Waals surface area contributed by atoms with E-state index in [-0.39, 0.29) is 5.76 Å². The average molecular weight is 354 g/mol. The van der Waals surface area contributed by atoms with Crippen molar-refractivity contribution in [2.45, 2.75) is 32.6 Å². The number of benzene rings is 1. The standard InChI is InChI=1S/C20H22N2O4/c1-14-8-9-16(12-18(14)26-19(13-25-2)20(23)24)22-11-10-17(21-22)15-6-4-3-5-7-15/h6,8-13H,3-5,7H2,1-2H3,(H,23,24)/b19-13-. The molecule has 1 N–H and O–H groups in total. The molecule has 0 amide bonds. The molecular formula is C20H22N2O4. The Balaban J connectivity index is 1.88. The SMILES string of the molecule is CO/C=C(\Oc1cc(-n2ccc(C3=CCCCC3)n2)ccc1C)C(=O)O. The molecule has 136 valence electrons. The Hall–Kier alpha value is -3.02. The fourth-order valence-electron chi connectivity index (χ4n) is 2.89. The molecule has 26 heavy (non-hydrogen) atoms. The summed E-state index contributed by atoms with van der Waals surface area (Å²) in [6, 6.07) is 7.58. The van der Waals surface area contributed by atoms with Gasteiger partial charge in [-0.2, -0.15) is 5.10 Å². The van der Waals surface area contributed by atoms with Crippen LogP contribution in [0, 0.1) is 6.92 Å². The maximum atomic E-state index is 11.2. The minimum absolute atomic E-state index is 0.277. The molecule has 1 aliphatic rings. The van der Waals surface area contributed by atoms with Gasteiger partial charge in [-0.3, -0.25) is 0 Å². The summed E-state index contributed by atoms with van der Waals surface area (Å²) < 4.78 is 12.1. The molecule has 6 nitrogen and oxygen atoms in total. The Labute approximate surface area is 152 Å². The van der Waals surface area contributed by atoms with Gasteiger partial charge in [0, 0.05) is 12.3 Å². The second-order valence-electron chi connectivity index (χ2n) is 6.20. The largest absolute Gasteiger partial charge is 0.500 e. The zero-order valence-corrected chi connectivity index (χ0v) is 14.9. The van der Waals surface area contributed by atoms with E-state index in [0.29, 0.717) is 5.75 Å². The van der Waals surface area contributed by atoms with Crippen molar-refractivity contribution in [3.05, 3.63) is 59.8 Å². The first kappa shape index (κ1) is 17.8. The summed E-state index contributed by atoms with van der Waals surface area (Å²) in [6.45, 7) is 1.85. The number of hydrogen-bond donors (Lipinski definition) is 1. The number of aryl methyl sites for hydroxylation is 1. The molecular weight excluding hydrogens is 332 g/mol. The number of carboxylic acid groups (broad SMARTS) is 1. The van der Waals surface area contributed by atoms with Crippen molar-refractivity contribution in [1.29, 1.82) is 0 Å². The Morgan fingerprint density at radius 2 is 2.15 bits per heavy atom. The lowest BCUT2D eigenvalue weighted by Crippen LogP contribution is -2.09. The molecule has 2 aromatic rings. The van der Waals surface area contributed by atoms with Crippen LogP contribution in [0.15, 0.2) is 48.6 Å². The molecule has 1 aromatic carbocycles. The van der Waals surface area contributed by atoms with Crippen LogP contribution in [-0.4, -0.2) is 28.0 Å². The molecule has 1 aromatic heterocycles. The number of allylic oxidation sites excluding steroid dienone is 2. The predicted molar refractivity (Wildman–Crippen MR) is 98.1 cm³/mol. The van der Waals surface area contributed by atoms with E-state index in [0.717, 1.165) is 36.0 Å². The van der Waals surface area contributed by atoms with Gasteiger partial charge in [-0.25, -0.2) is 9.48 Å². The molecule has 1 aliphatic carbocycles. The van der Waals surface area contributed by atoms with Gasteiger partial charge in [-0.15, -0.1) is 0 Å². The number of ether oxygens (including phenoxy) is 2. The van der Waals surface area contributed by atoms with Crippen LogP contribution in [0.1, 0.15) is 36.9 Å². The highest BCUT2D eigenvalue weighted by Crippen LogP contribution is 2.27. The van der Waals surface area contributed by atoms with Crippen LogP contribution in [0.25, 0.3) is 11.3 Å². The van der Waals surface area contributed by atoms with Crippen molar-refractivity contribution >= 4 is 11.5 Å². The minimum Gasteiger partial charge on any atom is -0.500 e. The zero-order chi connectivity index (χ0) is 18.5. The summed E-state index contributed by atoms with van der Waals surface area (Å²) in [6.07, 6.45) is 9.83. The van der Waals surface area contributed by atoms with E-state index >= 15 is 0 Å². The maximum Gasteiger partial charge on any atom is 0.375 e. The molecule has 1 heterocycles. The lowest BCUT2D eigenvalue weighted by atomic mass is 9.97. The number of hydrogen-bond acceptors (Lipinski definition) is 4. The molecule has 0 fully saturated rings. The smallest absolute Gasteiger partial charge is 0.375 e. The first-order valence-electron chi connectivity index (χ1n) is 8.58. The number of carbonyl (C=O) groups is 1. The Kier molecular flexibility index (Phi) is 5.41. The minimum atomic E-state index is -1.19. The summed E-state index contributed by atoms with van der Waals surface area (Å²) in [5, 5.41) is 13.9. The third-order valence-corrected chi connectivity index (χ3v) is 4.30. The van der Waals surface area contributed by atoms with Gasteiger partial charge in [0.15, 0.2) is 0 Å². The Bertz CT molecular complexity index is 864. The number of aliphatic carboxylic acids is 1. The molecule has 0 saturated carbocycles. The van der Waals surface area contributed by atoms with Gasteiger partial charge in [-0.05, 0) is 55.9 Å². The first-order chi connectivity index (χ1) is 12.6. The molecule has 0 spiro atoms. The fraction of sp³-hybridized carbons (Fsp3) is 0.300. The fourth-order valence-corrected chi connectivity index (χ4v) is 2.89. The van der Waals surface area contributed by atoms with Gasteiger partial charge in [0.2, 0.25) is 5.76 Å². The van der Waals surface area contributed by atoms with Crippen molar-refractivity contribution in [3.8, 4) is 11.4 Å². The lowest BCUT2D eigenvalue weighted by molar-refractivity contribution is -0.135. The third kappa shape index (κ3) is 3.96. The maximum absolute atomic E-state index is 11.2. The van der Waals surface area contributed by atoms with E-state index in [1.165, 1.54) is 25.5 Å². The molecule has 0 bridgehead atoms. The second-order valence-corrected chi connectivity index (χ2v) is 6.20. The third-order valence-electron chi connectivity index (χ3n) is 4.30. The number of nitrogens with zero attached hydrogens (tertiary/aromatic N) is 2. The topological polar surface area (TPSA) is 73.6 Å². The number of aromatic nitrogens is 2. The van der Waals surface area contributed by atoms with Crippen LogP contribution in [-0.2, 0) is 9.53 Å². The van der Waals surface area contributed by atoms with Gasteiger partial charge in [0.1, 0.15) is 12.0 Å². The molecule has 0 atom stereocenters. The van der Waals surface area contributed by atoms with Crippen LogP contribution < -0.4 is 4.74 Å². The molecule has 0 unspecified atom stereocenters. The quantitative estimate of drug-likeness (QED) is 0.625. The summed E-state index contributed by atoms with van der Waals surface area (Å²) in [7, 11) is 1.38.